The van der Waals surface area contributed by atoms with Crippen molar-refractivity contribution in [1.82, 2.24) is 0 Å². The van der Waals surface area contributed by atoms with Gasteiger partial charge in [-0.05, 0) is 18.1 Å². The molecule has 0 aromatic heterocycles. The summed E-state index contributed by atoms with van der Waals surface area (Å²) in [6.45, 7) is 1.99. The highest BCUT2D eigenvalue weighted by atomic mass is 79.9. The monoisotopic (exact) mass is 246 g/mol. The van der Waals surface area contributed by atoms with Crippen LogP contribution < -0.4 is 4.74 Å². The number of hydrogen-bond donors (Lipinski definition) is 0. The van der Waals surface area contributed by atoms with Gasteiger partial charge in [-0.25, -0.2) is 4.39 Å². The molecule has 1 rings (SSSR count). The summed E-state index contributed by atoms with van der Waals surface area (Å²) < 4.78 is 18.2. The molecule has 1 nitrogen and oxygen atoms in total. The SMILES string of the molecule is COc1ccc(CC(C)Br)c(F)c1. The lowest BCUT2D eigenvalue weighted by Gasteiger charge is -2.06. The second-order valence-corrected chi connectivity index (χ2v) is 4.51. The van der Waals surface area contributed by atoms with Crippen molar-refractivity contribution in [3.8, 4) is 5.75 Å². The standard InChI is InChI=1S/C10H12BrFO/c1-7(11)5-8-3-4-9(13-2)6-10(8)12/h3-4,6-7H,5H2,1-2H3. The number of benzene rings is 1. The van der Waals surface area contributed by atoms with Crippen molar-refractivity contribution in [2.45, 2.75) is 18.2 Å². The van der Waals surface area contributed by atoms with Gasteiger partial charge >= 0.3 is 0 Å². The summed E-state index contributed by atoms with van der Waals surface area (Å²) in [4.78, 5) is 0.287. The van der Waals surface area contributed by atoms with E-state index in [1.54, 1.807) is 12.1 Å². The van der Waals surface area contributed by atoms with Gasteiger partial charge in [-0.15, -0.1) is 0 Å². The van der Waals surface area contributed by atoms with E-state index in [4.69, 9.17) is 4.74 Å². The molecule has 0 spiro atoms. The minimum absolute atomic E-state index is 0.203. The molecule has 0 heterocycles. The second kappa shape index (κ2) is 4.61. The Balaban J connectivity index is 2.85. The van der Waals surface area contributed by atoms with Crippen LogP contribution in [0.2, 0.25) is 0 Å². The molecule has 1 aromatic carbocycles. The van der Waals surface area contributed by atoms with E-state index in [0.29, 0.717) is 17.7 Å². The summed E-state index contributed by atoms with van der Waals surface area (Å²) in [6, 6.07) is 4.93. The van der Waals surface area contributed by atoms with Crippen LogP contribution in [0.15, 0.2) is 18.2 Å². The number of halogens is 2. The number of alkyl halides is 1. The molecule has 1 atom stereocenters. The normalized spacial score (nSPS) is 12.6. The first-order valence-corrected chi connectivity index (χ1v) is 5.01. The predicted molar refractivity (Wildman–Crippen MR) is 55.0 cm³/mol. The Morgan fingerprint density at radius 1 is 1.54 bits per heavy atom. The molecule has 3 heteroatoms. The fourth-order valence-electron chi connectivity index (χ4n) is 1.12. The van der Waals surface area contributed by atoms with Crippen LogP contribution >= 0.6 is 15.9 Å². The van der Waals surface area contributed by atoms with Gasteiger partial charge in [0.25, 0.3) is 0 Å². The molecule has 0 N–H and O–H groups in total. The van der Waals surface area contributed by atoms with Crippen LogP contribution in [0.5, 0.6) is 5.75 Å². The molecular formula is C10H12BrFO. The van der Waals surface area contributed by atoms with Gasteiger partial charge in [0.1, 0.15) is 11.6 Å². The van der Waals surface area contributed by atoms with E-state index >= 15 is 0 Å². The average Bonchev–Trinajstić information content (AvgIpc) is 2.08. The number of hydrogen-bond acceptors (Lipinski definition) is 1. The van der Waals surface area contributed by atoms with Crippen LogP contribution in [-0.4, -0.2) is 11.9 Å². The zero-order valence-corrected chi connectivity index (χ0v) is 9.27. The van der Waals surface area contributed by atoms with Crippen molar-refractivity contribution in [3.63, 3.8) is 0 Å². The van der Waals surface area contributed by atoms with E-state index in [-0.39, 0.29) is 10.6 Å². The van der Waals surface area contributed by atoms with E-state index in [2.05, 4.69) is 15.9 Å². The van der Waals surface area contributed by atoms with Gasteiger partial charge in [-0.3, -0.25) is 0 Å². The summed E-state index contributed by atoms with van der Waals surface area (Å²) in [5, 5.41) is 0. The third-order valence-corrected chi connectivity index (χ3v) is 2.09. The molecular weight excluding hydrogens is 235 g/mol. The van der Waals surface area contributed by atoms with E-state index in [9.17, 15) is 4.39 Å². The van der Waals surface area contributed by atoms with Crippen molar-refractivity contribution in [2.75, 3.05) is 7.11 Å². The van der Waals surface area contributed by atoms with Gasteiger partial charge < -0.3 is 4.74 Å². The molecule has 1 unspecified atom stereocenters. The smallest absolute Gasteiger partial charge is 0.130 e. The lowest BCUT2D eigenvalue weighted by Crippen LogP contribution is -1.99. The van der Waals surface area contributed by atoms with E-state index < -0.39 is 0 Å². The topological polar surface area (TPSA) is 9.23 Å². The number of ether oxygens (including phenoxy) is 1. The first-order valence-electron chi connectivity index (χ1n) is 4.10. The first-order chi connectivity index (χ1) is 6.13. The molecule has 0 saturated carbocycles. The van der Waals surface area contributed by atoms with Crippen molar-refractivity contribution in [3.05, 3.63) is 29.6 Å². The highest BCUT2D eigenvalue weighted by Gasteiger charge is 2.06. The Labute approximate surface area is 86.0 Å². The molecule has 1 aromatic rings. The Morgan fingerprint density at radius 3 is 2.69 bits per heavy atom. The molecule has 0 aliphatic heterocycles. The highest BCUT2D eigenvalue weighted by Crippen LogP contribution is 2.18. The van der Waals surface area contributed by atoms with Gasteiger partial charge in [0, 0.05) is 10.9 Å². The fraction of sp³-hybridized carbons (Fsp3) is 0.400. The Morgan fingerprint density at radius 2 is 2.23 bits per heavy atom. The summed E-state index contributed by atoms with van der Waals surface area (Å²) >= 11 is 3.38. The minimum Gasteiger partial charge on any atom is -0.497 e. The van der Waals surface area contributed by atoms with Crippen LogP contribution in [-0.2, 0) is 6.42 Å². The maximum Gasteiger partial charge on any atom is 0.130 e. The van der Waals surface area contributed by atoms with Crippen LogP contribution in [0.25, 0.3) is 0 Å². The van der Waals surface area contributed by atoms with Crippen molar-refractivity contribution < 1.29 is 9.13 Å². The summed E-state index contributed by atoms with van der Waals surface area (Å²) in [7, 11) is 1.53. The third kappa shape index (κ3) is 2.99. The maximum atomic E-state index is 13.3. The third-order valence-electron chi connectivity index (χ3n) is 1.76. The summed E-state index contributed by atoms with van der Waals surface area (Å²) in [5.74, 6) is 0.356. The van der Waals surface area contributed by atoms with Crippen LogP contribution in [0.3, 0.4) is 0 Å². The van der Waals surface area contributed by atoms with Gasteiger partial charge in [0.05, 0.1) is 7.11 Å². The van der Waals surface area contributed by atoms with E-state index in [0.717, 1.165) is 0 Å². The lowest BCUT2D eigenvalue weighted by molar-refractivity contribution is 0.410. The largest absolute Gasteiger partial charge is 0.497 e. The quantitative estimate of drug-likeness (QED) is 0.745. The number of rotatable bonds is 3. The van der Waals surface area contributed by atoms with E-state index in [1.807, 2.05) is 6.92 Å². The van der Waals surface area contributed by atoms with Gasteiger partial charge in [-0.1, -0.05) is 28.9 Å². The lowest BCUT2D eigenvalue weighted by atomic mass is 10.1. The van der Waals surface area contributed by atoms with Crippen LogP contribution in [0.1, 0.15) is 12.5 Å². The predicted octanol–water partition coefficient (Wildman–Crippen LogP) is 3.16. The second-order valence-electron chi connectivity index (χ2n) is 2.94. The molecule has 0 radical (unpaired) electrons. The molecule has 0 saturated heterocycles. The van der Waals surface area contributed by atoms with E-state index in [1.165, 1.54) is 13.2 Å². The molecule has 0 aliphatic carbocycles. The molecule has 0 aliphatic rings. The summed E-state index contributed by atoms with van der Waals surface area (Å²) in [5.41, 5.74) is 0.713. The molecule has 13 heavy (non-hydrogen) atoms. The van der Waals surface area contributed by atoms with Crippen LogP contribution in [0, 0.1) is 5.82 Å². The van der Waals surface area contributed by atoms with Crippen molar-refractivity contribution in [2.24, 2.45) is 0 Å². The Hall–Kier alpha value is -0.570. The zero-order chi connectivity index (χ0) is 9.84. The zero-order valence-electron chi connectivity index (χ0n) is 7.68. The fourth-order valence-corrected chi connectivity index (χ4v) is 1.47. The number of methoxy groups -OCH3 is 1. The van der Waals surface area contributed by atoms with Crippen molar-refractivity contribution in [1.29, 1.82) is 0 Å². The molecule has 0 fully saturated rings. The highest BCUT2D eigenvalue weighted by molar-refractivity contribution is 9.09. The van der Waals surface area contributed by atoms with Gasteiger partial charge in [-0.2, -0.15) is 0 Å². The molecule has 72 valence electrons. The van der Waals surface area contributed by atoms with Gasteiger partial charge in [0.2, 0.25) is 0 Å². The average molecular weight is 247 g/mol. The Bertz CT molecular complexity index is 286. The maximum absolute atomic E-state index is 13.3. The molecule has 0 amide bonds. The summed E-state index contributed by atoms with van der Waals surface area (Å²) in [6.07, 6.45) is 0.690. The van der Waals surface area contributed by atoms with Gasteiger partial charge in [0.15, 0.2) is 0 Å². The Kier molecular flexibility index (Phi) is 3.72. The molecule has 0 bridgehead atoms. The van der Waals surface area contributed by atoms with Crippen molar-refractivity contribution >= 4 is 15.9 Å². The van der Waals surface area contributed by atoms with Crippen LogP contribution in [0.4, 0.5) is 4.39 Å². The first kappa shape index (κ1) is 10.5. The minimum atomic E-state index is -0.203.